The lowest BCUT2D eigenvalue weighted by Crippen LogP contribution is -2.23. The van der Waals surface area contributed by atoms with Gasteiger partial charge in [-0.3, -0.25) is 0 Å². The molecule has 3 rings (SSSR count). The number of fused-ring (bicyclic) bond motifs is 1. The molecule has 114 valence electrons. The van der Waals surface area contributed by atoms with Crippen molar-refractivity contribution in [3.63, 3.8) is 0 Å². The van der Waals surface area contributed by atoms with Gasteiger partial charge in [0.2, 0.25) is 10.0 Å². The Morgan fingerprint density at radius 1 is 1.18 bits per heavy atom. The molecule has 0 radical (unpaired) electrons. The highest BCUT2D eigenvalue weighted by Crippen LogP contribution is 2.18. The summed E-state index contributed by atoms with van der Waals surface area (Å²) in [7, 11) is -1.72. The molecule has 1 heterocycles. The largest absolute Gasteiger partial charge is 0.334 e. The molecule has 1 aromatic heterocycles. The van der Waals surface area contributed by atoms with Crippen molar-refractivity contribution in [2.75, 3.05) is 0 Å². The molecule has 22 heavy (non-hydrogen) atoms. The Kier molecular flexibility index (Phi) is 3.90. The summed E-state index contributed by atoms with van der Waals surface area (Å²) in [5.74, 6) is 0. The average molecular weight is 336 g/mol. The maximum absolute atomic E-state index is 12.4. The van der Waals surface area contributed by atoms with E-state index in [0.717, 1.165) is 11.1 Å². The van der Waals surface area contributed by atoms with Crippen LogP contribution in [0.3, 0.4) is 0 Å². The van der Waals surface area contributed by atoms with E-state index in [-0.39, 0.29) is 11.4 Å². The van der Waals surface area contributed by atoms with Gasteiger partial charge in [0.1, 0.15) is 0 Å². The van der Waals surface area contributed by atoms with Crippen molar-refractivity contribution < 1.29 is 8.42 Å². The van der Waals surface area contributed by atoms with Gasteiger partial charge in [-0.2, -0.15) is 0 Å². The average Bonchev–Trinajstić information content (AvgIpc) is 2.88. The Morgan fingerprint density at radius 3 is 2.64 bits per heavy atom. The first kappa shape index (κ1) is 15.0. The quantitative estimate of drug-likeness (QED) is 0.797. The molecule has 0 atom stereocenters. The Bertz CT molecular complexity index is 918. The summed E-state index contributed by atoms with van der Waals surface area (Å²) < 4.78 is 29.1. The van der Waals surface area contributed by atoms with E-state index >= 15 is 0 Å². The zero-order valence-corrected chi connectivity index (χ0v) is 13.4. The summed E-state index contributed by atoms with van der Waals surface area (Å²) in [4.78, 5) is 4.38. The van der Waals surface area contributed by atoms with Crippen molar-refractivity contribution >= 4 is 32.7 Å². The third-order valence-electron chi connectivity index (χ3n) is 3.39. The number of sulfonamides is 1. The van der Waals surface area contributed by atoms with Crippen molar-refractivity contribution in [1.29, 1.82) is 0 Å². The number of hydrogen-bond acceptors (Lipinski definition) is 3. The van der Waals surface area contributed by atoms with Crippen molar-refractivity contribution in [2.24, 2.45) is 7.05 Å². The summed E-state index contributed by atoms with van der Waals surface area (Å²) in [6, 6.07) is 11.9. The molecule has 0 aliphatic carbocycles. The fourth-order valence-electron chi connectivity index (χ4n) is 2.15. The van der Waals surface area contributed by atoms with Crippen LogP contribution >= 0.6 is 11.6 Å². The highest BCUT2D eigenvalue weighted by Gasteiger charge is 2.15. The van der Waals surface area contributed by atoms with E-state index in [2.05, 4.69) is 9.71 Å². The summed E-state index contributed by atoms with van der Waals surface area (Å²) in [5.41, 5.74) is 2.38. The van der Waals surface area contributed by atoms with Gasteiger partial charge in [-0.25, -0.2) is 18.1 Å². The van der Waals surface area contributed by atoms with Gasteiger partial charge < -0.3 is 4.57 Å². The summed E-state index contributed by atoms with van der Waals surface area (Å²) in [5, 5.41) is 0.618. The monoisotopic (exact) mass is 335 g/mol. The van der Waals surface area contributed by atoms with Crippen molar-refractivity contribution in [1.82, 2.24) is 14.3 Å². The fraction of sp³-hybridized carbons (Fsp3) is 0.133. The predicted molar refractivity (Wildman–Crippen MR) is 86.2 cm³/mol. The number of halogens is 1. The molecule has 0 fully saturated rings. The van der Waals surface area contributed by atoms with Gasteiger partial charge in [0.15, 0.2) is 0 Å². The molecule has 0 saturated carbocycles. The van der Waals surface area contributed by atoms with Crippen LogP contribution in [0.25, 0.3) is 11.0 Å². The minimum atomic E-state index is -3.58. The van der Waals surface area contributed by atoms with Crippen LogP contribution in [0.2, 0.25) is 5.02 Å². The van der Waals surface area contributed by atoms with Crippen LogP contribution in [0.1, 0.15) is 5.56 Å². The van der Waals surface area contributed by atoms with Crippen molar-refractivity contribution in [3.05, 3.63) is 59.4 Å². The van der Waals surface area contributed by atoms with Gasteiger partial charge >= 0.3 is 0 Å². The molecule has 0 unspecified atom stereocenters. The van der Waals surface area contributed by atoms with E-state index in [4.69, 9.17) is 11.6 Å². The topological polar surface area (TPSA) is 64.0 Å². The Hall–Kier alpha value is -1.89. The number of nitrogens with zero attached hydrogens (tertiary/aromatic N) is 2. The maximum Gasteiger partial charge on any atom is 0.240 e. The maximum atomic E-state index is 12.4. The number of benzene rings is 2. The molecule has 0 spiro atoms. The van der Waals surface area contributed by atoms with Crippen LogP contribution in [-0.2, 0) is 23.6 Å². The van der Waals surface area contributed by atoms with Crippen molar-refractivity contribution in [2.45, 2.75) is 11.4 Å². The van der Waals surface area contributed by atoms with Crippen molar-refractivity contribution in [3.8, 4) is 0 Å². The van der Waals surface area contributed by atoms with Gasteiger partial charge in [-0.15, -0.1) is 0 Å². The van der Waals surface area contributed by atoms with E-state index in [9.17, 15) is 8.42 Å². The van der Waals surface area contributed by atoms with Gasteiger partial charge in [-0.1, -0.05) is 23.7 Å². The second-order valence-electron chi connectivity index (χ2n) is 4.96. The molecule has 7 heteroatoms. The summed E-state index contributed by atoms with van der Waals surface area (Å²) in [6.07, 6.45) is 1.65. The second-order valence-corrected chi connectivity index (χ2v) is 7.16. The molecular formula is C15H14ClN3O2S. The molecular weight excluding hydrogens is 322 g/mol. The molecule has 0 aliphatic rings. The van der Waals surface area contributed by atoms with Crippen LogP contribution in [0.15, 0.2) is 53.7 Å². The Balaban J connectivity index is 1.83. The zero-order valence-electron chi connectivity index (χ0n) is 11.8. The smallest absolute Gasteiger partial charge is 0.240 e. The van der Waals surface area contributed by atoms with Gasteiger partial charge in [0, 0.05) is 18.6 Å². The highest BCUT2D eigenvalue weighted by atomic mass is 35.5. The number of nitrogens with one attached hydrogen (secondary N) is 1. The number of aromatic nitrogens is 2. The SMILES string of the molecule is Cn1cnc2cc(S(=O)(=O)NCc3ccc(Cl)cc3)ccc21. The number of aryl methyl sites for hydroxylation is 1. The van der Waals surface area contributed by atoms with E-state index in [1.807, 2.05) is 11.6 Å². The lowest BCUT2D eigenvalue weighted by atomic mass is 10.2. The highest BCUT2D eigenvalue weighted by molar-refractivity contribution is 7.89. The summed E-state index contributed by atoms with van der Waals surface area (Å²) in [6.45, 7) is 0.208. The molecule has 2 aromatic carbocycles. The van der Waals surface area contributed by atoms with Crippen LogP contribution in [0.5, 0.6) is 0 Å². The van der Waals surface area contributed by atoms with Gasteiger partial charge in [0.25, 0.3) is 0 Å². The third-order valence-corrected chi connectivity index (χ3v) is 5.04. The van der Waals surface area contributed by atoms with Crippen LogP contribution < -0.4 is 4.72 Å². The Morgan fingerprint density at radius 2 is 1.91 bits per heavy atom. The van der Waals surface area contributed by atoms with Crippen LogP contribution in [0, 0.1) is 0 Å². The molecule has 0 saturated heterocycles. The normalized spacial score (nSPS) is 11.9. The molecule has 5 nitrogen and oxygen atoms in total. The molecule has 0 bridgehead atoms. The van der Waals surface area contributed by atoms with E-state index in [1.54, 1.807) is 48.8 Å². The van der Waals surface area contributed by atoms with E-state index < -0.39 is 10.0 Å². The number of hydrogen-bond donors (Lipinski definition) is 1. The van der Waals surface area contributed by atoms with Crippen LogP contribution in [-0.4, -0.2) is 18.0 Å². The van der Waals surface area contributed by atoms with E-state index in [1.165, 1.54) is 0 Å². The molecule has 1 N–H and O–H groups in total. The number of rotatable bonds is 4. The number of imidazole rings is 1. The lowest BCUT2D eigenvalue weighted by molar-refractivity contribution is 0.581. The second kappa shape index (κ2) is 5.72. The minimum Gasteiger partial charge on any atom is -0.334 e. The lowest BCUT2D eigenvalue weighted by Gasteiger charge is -2.07. The molecule has 3 aromatic rings. The minimum absolute atomic E-state index is 0.202. The fourth-order valence-corrected chi connectivity index (χ4v) is 3.31. The zero-order chi connectivity index (χ0) is 15.7. The standard InChI is InChI=1S/C15H14ClN3O2S/c1-19-10-17-14-8-13(6-7-15(14)19)22(20,21)18-9-11-2-4-12(16)5-3-11/h2-8,10,18H,9H2,1H3. The third kappa shape index (κ3) is 2.99. The van der Waals surface area contributed by atoms with Gasteiger partial charge in [-0.05, 0) is 35.9 Å². The first-order chi connectivity index (χ1) is 10.5. The van der Waals surface area contributed by atoms with E-state index in [0.29, 0.717) is 10.5 Å². The summed E-state index contributed by atoms with van der Waals surface area (Å²) >= 11 is 5.81. The Labute approximate surface area is 133 Å². The van der Waals surface area contributed by atoms with Crippen LogP contribution in [0.4, 0.5) is 0 Å². The first-order valence-electron chi connectivity index (χ1n) is 6.61. The molecule has 0 aliphatic heterocycles. The molecule has 0 amide bonds. The first-order valence-corrected chi connectivity index (χ1v) is 8.47. The van der Waals surface area contributed by atoms with Gasteiger partial charge in [0.05, 0.1) is 22.3 Å². The predicted octanol–water partition coefficient (Wildman–Crippen LogP) is 2.71.